The lowest BCUT2D eigenvalue weighted by Gasteiger charge is -2.31. The summed E-state index contributed by atoms with van der Waals surface area (Å²) >= 11 is 0. The van der Waals surface area contributed by atoms with Crippen molar-refractivity contribution in [3.05, 3.63) is 68.5 Å². The minimum atomic E-state index is -1.95. The van der Waals surface area contributed by atoms with Gasteiger partial charge in [0.25, 0.3) is 17.4 Å². The quantitative estimate of drug-likeness (QED) is 0.0546. The molecule has 1 aliphatic carbocycles. The van der Waals surface area contributed by atoms with Crippen LogP contribution in [0, 0.1) is 5.92 Å². The Balaban J connectivity index is 1.01. The summed E-state index contributed by atoms with van der Waals surface area (Å²) in [4.78, 5) is 124. The van der Waals surface area contributed by atoms with Gasteiger partial charge in [-0.2, -0.15) is 0 Å². The second-order valence-electron chi connectivity index (χ2n) is 19.5. The summed E-state index contributed by atoms with van der Waals surface area (Å²) in [7, 11) is 0. The number of benzene rings is 1. The summed E-state index contributed by atoms with van der Waals surface area (Å²) in [6.07, 6.45) is 5.63. The summed E-state index contributed by atoms with van der Waals surface area (Å²) in [6, 6.07) is 1.81. The van der Waals surface area contributed by atoms with Gasteiger partial charge < -0.3 is 40.4 Å². The van der Waals surface area contributed by atoms with E-state index in [2.05, 4.69) is 21.3 Å². The first-order chi connectivity index (χ1) is 32.6. The van der Waals surface area contributed by atoms with Crippen molar-refractivity contribution in [1.29, 1.82) is 0 Å². The molecule has 0 spiro atoms. The number of nitrogens with zero attached hydrogens (tertiary/aromatic N) is 3. The van der Waals surface area contributed by atoms with Gasteiger partial charge in [-0.05, 0) is 108 Å². The molecule has 0 radical (unpaired) electrons. The molecule has 5 heterocycles. The van der Waals surface area contributed by atoms with Crippen LogP contribution in [-0.4, -0.2) is 97.2 Å². The van der Waals surface area contributed by atoms with Crippen LogP contribution in [0.4, 0.5) is 5.69 Å². The largest absolute Gasteiger partial charge is 0.460 e. The van der Waals surface area contributed by atoms with Crippen LogP contribution in [-0.2, 0) is 79.4 Å². The van der Waals surface area contributed by atoms with E-state index in [4.69, 9.17) is 14.5 Å². The number of pyridine rings is 2. The minimum absolute atomic E-state index is 0.0263. The fraction of sp³-hybridized carbons (Fsp3) is 0.520. The van der Waals surface area contributed by atoms with Gasteiger partial charge in [-0.25, -0.2) is 9.78 Å². The number of rotatable bonds is 18. The van der Waals surface area contributed by atoms with Crippen LogP contribution in [0.25, 0.3) is 22.3 Å². The van der Waals surface area contributed by atoms with Gasteiger partial charge in [-0.15, -0.1) is 0 Å². The molecule has 3 aliphatic heterocycles. The number of hydrogen-bond donors (Lipinski definition) is 5. The number of aliphatic hydroxyl groups is 1. The molecule has 0 fully saturated rings. The summed E-state index contributed by atoms with van der Waals surface area (Å²) in [5.74, 6) is -4.93. The summed E-state index contributed by atoms with van der Waals surface area (Å²) in [6.45, 7) is 12.0. The third-order valence-electron chi connectivity index (χ3n) is 13.1. The van der Waals surface area contributed by atoms with Gasteiger partial charge in [-0.1, -0.05) is 27.2 Å². The van der Waals surface area contributed by atoms with E-state index in [1.54, 1.807) is 64.3 Å². The number of anilines is 1. The van der Waals surface area contributed by atoms with Crippen molar-refractivity contribution in [1.82, 2.24) is 30.4 Å². The van der Waals surface area contributed by atoms with Gasteiger partial charge in [0.2, 0.25) is 23.6 Å². The van der Waals surface area contributed by atoms with Crippen molar-refractivity contribution in [2.45, 2.75) is 155 Å². The Labute approximate surface area is 399 Å². The minimum Gasteiger partial charge on any atom is -0.460 e. The number of nitrogens with one attached hydrogen (secondary N) is 4. The number of aromatic nitrogens is 2. The Morgan fingerprint density at radius 3 is 2.26 bits per heavy atom. The van der Waals surface area contributed by atoms with E-state index >= 15 is 0 Å². The van der Waals surface area contributed by atoms with E-state index < -0.39 is 70.8 Å². The Morgan fingerprint density at radius 2 is 1.58 bits per heavy atom. The molecule has 0 bridgehead atoms. The first-order valence-corrected chi connectivity index (χ1v) is 23.7. The maximum atomic E-state index is 13.9. The molecule has 5 N–H and O–H groups in total. The number of ether oxygens (including phenoxy) is 2. The number of carbonyl (C=O) groups excluding carboxylic acids is 8. The van der Waals surface area contributed by atoms with Gasteiger partial charge in [0, 0.05) is 53.7 Å². The second kappa shape index (κ2) is 20.1. The number of imide groups is 1. The van der Waals surface area contributed by atoms with Gasteiger partial charge in [0.05, 0.1) is 29.0 Å². The molecular weight excluding hydrogens is 891 g/mol. The number of cyclic esters (lactones) is 1. The molecule has 7 rings (SSSR count). The van der Waals surface area contributed by atoms with E-state index in [1.807, 2.05) is 0 Å². The normalized spacial score (nSPS) is 18.2. The van der Waals surface area contributed by atoms with Crippen LogP contribution < -0.4 is 26.8 Å². The highest BCUT2D eigenvalue weighted by Gasteiger charge is 2.46. The van der Waals surface area contributed by atoms with E-state index in [9.17, 15) is 48.3 Å². The average molecular weight is 952 g/mol. The lowest BCUT2D eigenvalue weighted by molar-refractivity contribution is -0.172. The molecule has 4 aliphatic rings. The topological polar surface area (TPSA) is 262 Å². The van der Waals surface area contributed by atoms with Crippen molar-refractivity contribution < 1.29 is 52.9 Å². The smallest absolute Gasteiger partial charge is 0.343 e. The molecule has 0 saturated heterocycles. The first kappa shape index (κ1) is 50.1. The van der Waals surface area contributed by atoms with Crippen molar-refractivity contribution >= 4 is 64.0 Å². The Bertz CT molecular complexity index is 2720. The lowest BCUT2D eigenvalue weighted by atomic mass is 9.85. The molecule has 6 amide bonds. The van der Waals surface area contributed by atoms with Gasteiger partial charge in [-0.3, -0.25) is 43.3 Å². The summed E-state index contributed by atoms with van der Waals surface area (Å²) in [5, 5.41) is 23.3. The Morgan fingerprint density at radius 1 is 0.870 bits per heavy atom. The predicted molar refractivity (Wildman–Crippen MR) is 251 cm³/mol. The van der Waals surface area contributed by atoms with E-state index in [1.165, 1.54) is 19.1 Å². The van der Waals surface area contributed by atoms with E-state index in [0.29, 0.717) is 54.7 Å². The zero-order valence-corrected chi connectivity index (χ0v) is 40.2. The van der Waals surface area contributed by atoms with Gasteiger partial charge in [0.15, 0.2) is 5.60 Å². The van der Waals surface area contributed by atoms with Crippen LogP contribution in [0.3, 0.4) is 0 Å². The van der Waals surface area contributed by atoms with Crippen LogP contribution in [0.1, 0.15) is 128 Å². The highest BCUT2D eigenvalue weighted by atomic mass is 16.6. The molecule has 69 heavy (non-hydrogen) atoms. The zero-order valence-electron chi connectivity index (χ0n) is 40.2. The van der Waals surface area contributed by atoms with E-state index in [0.717, 1.165) is 33.4 Å². The average Bonchev–Trinajstić information content (AvgIpc) is 3.83. The summed E-state index contributed by atoms with van der Waals surface area (Å²) < 4.78 is 12.2. The molecule has 368 valence electrons. The fourth-order valence-corrected chi connectivity index (χ4v) is 9.41. The molecule has 3 aromatic rings. The molecule has 19 heteroatoms. The highest BCUT2D eigenvalue weighted by Crippen LogP contribution is 2.43. The van der Waals surface area contributed by atoms with Crippen molar-refractivity contribution in [2.75, 3.05) is 11.9 Å². The number of fused-ring (bicyclic) bond motifs is 5. The number of unbranched alkanes of at least 4 members (excludes halogenated alkanes) is 2. The monoisotopic (exact) mass is 951 g/mol. The standard InChI is InChI=1S/C50H61N7O12/c1-8-50(67)32-23-36-43-30(24-57(36)47(65)31(32)25-68-48(50)66)28-13-12-14-29-33(16-17-34(53-43)41(28)29)54-44(62)27(4)51-46(64)42(26(2)3)55-45(63)35(18-21-40(61)69-49(5,6)7)52-37(58)15-10-9-11-22-56-38(59)19-20-39(56)60/h16-17,19-20,23,26-27,35,42,67H,8-15,18,21-22,24-25H2,1-7H3,(H,51,64)(H,52,58)(H,54,62)(H,55,63)/t27-,35-,42-,50-/m0/s1. The first-order valence-electron chi connectivity index (χ1n) is 23.7. The predicted octanol–water partition coefficient (Wildman–Crippen LogP) is 3.24. The third-order valence-corrected chi connectivity index (χ3v) is 13.1. The number of hydrogen-bond acceptors (Lipinski definition) is 13. The SMILES string of the molecule is CC[C@@]1(O)C(=O)OCc2c1cc1n(c2=O)Cc2c-1nc1ccc(NC(=O)[C@H](C)NC(=O)[C@@H](NC(=O)[C@H](CCC(=O)OC(C)(C)C)NC(=O)CCCCCN3C(=O)C=CC3=O)C(C)C)c3c1c2CCC3. The maximum Gasteiger partial charge on any atom is 0.343 e. The molecule has 4 atom stereocenters. The Hall–Kier alpha value is -6.76. The highest BCUT2D eigenvalue weighted by molar-refractivity contribution is 6.12. The number of carbonyl (C=O) groups is 8. The number of esters is 2. The van der Waals surface area contributed by atoms with E-state index in [-0.39, 0.29) is 73.9 Å². The lowest BCUT2D eigenvalue weighted by Crippen LogP contribution is -2.57. The van der Waals surface area contributed by atoms with Gasteiger partial charge in [0.1, 0.15) is 30.3 Å². The molecular formula is C50H61N7O12. The van der Waals surface area contributed by atoms with Crippen LogP contribution in [0.5, 0.6) is 0 Å². The zero-order chi connectivity index (χ0) is 50.1. The van der Waals surface area contributed by atoms with Crippen LogP contribution in [0.15, 0.2) is 35.1 Å². The van der Waals surface area contributed by atoms with Crippen LogP contribution in [0.2, 0.25) is 0 Å². The van der Waals surface area contributed by atoms with Crippen LogP contribution >= 0.6 is 0 Å². The molecule has 0 unspecified atom stereocenters. The van der Waals surface area contributed by atoms with Crippen molar-refractivity contribution in [2.24, 2.45) is 5.92 Å². The number of aryl methyl sites for hydroxylation is 2. The molecule has 1 aromatic carbocycles. The second-order valence-corrected chi connectivity index (χ2v) is 19.5. The summed E-state index contributed by atoms with van der Waals surface area (Å²) in [5.41, 5.74) is 2.38. The maximum absolute atomic E-state index is 13.9. The molecule has 2 aromatic heterocycles. The van der Waals surface area contributed by atoms with Crippen molar-refractivity contribution in [3.63, 3.8) is 0 Å². The molecule has 19 nitrogen and oxygen atoms in total. The third kappa shape index (κ3) is 10.5. The number of amides is 6. The Kier molecular flexibility index (Phi) is 14.6. The molecule has 0 saturated carbocycles. The van der Waals surface area contributed by atoms with Crippen molar-refractivity contribution in [3.8, 4) is 11.4 Å². The van der Waals surface area contributed by atoms with Gasteiger partial charge >= 0.3 is 11.9 Å². The fourth-order valence-electron chi connectivity index (χ4n) is 9.41.